The number of aromatic hydroxyl groups is 1. The number of hydrogen-bond acceptors (Lipinski definition) is 7. The number of hydrogen-bond donors (Lipinski definition) is 1. The van der Waals surface area contributed by atoms with Crippen molar-refractivity contribution >= 4 is 0 Å². The van der Waals surface area contributed by atoms with Crippen LogP contribution in [0.15, 0.2) is 35.0 Å². The molecular weight excluding hydrogens is 272 g/mol. The zero-order valence-electron chi connectivity index (χ0n) is 11.4. The molecule has 3 rings (SSSR count). The number of rotatable bonds is 3. The number of phenols is 1. The van der Waals surface area contributed by atoms with Gasteiger partial charge in [-0.2, -0.15) is 4.98 Å². The number of phenolic OH excluding ortho intramolecular Hbond substituents is 1. The van der Waals surface area contributed by atoms with E-state index in [1.807, 2.05) is 0 Å². The van der Waals surface area contributed by atoms with E-state index in [4.69, 9.17) is 9.26 Å². The van der Waals surface area contributed by atoms with Crippen LogP contribution >= 0.6 is 0 Å². The summed E-state index contributed by atoms with van der Waals surface area (Å²) in [4.78, 5) is 12.6. The van der Waals surface area contributed by atoms with Gasteiger partial charge < -0.3 is 14.4 Å². The van der Waals surface area contributed by atoms with Crippen LogP contribution in [0.25, 0.3) is 23.0 Å². The predicted octanol–water partition coefficient (Wildman–Crippen LogP) is 2.22. The highest BCUT2D eigenvalue weighted by atomic mass is 16.5. The number of aryl methyl sites for hydroxylation is 1. The lowest BCUT2D eigenvalue weighted by Gasteiger charge is -2.03. The number of nitrogens with zero attached hydrogens (tertiary/aromatic N) is 4. The van der Waals surface area contributed by atoms with Gasteiger partial charge in [-0.1, -0.05) is 5.16 Å². The molecular formula is C14H12N4O3. The van der Waals surface area contributed by atoms with Crippen LogP contribution in [0, 0.1) is 6.92 Å². The first-order valence-electron chi connectivity index (χ1n) is 6.18. The van der Waals surface area contributed by atoms with Crippen LogP contribution in [-0.4, -0.2) is 32.3 Å². The Morgan fingerprint density at radius 2 is 2.05 bits per heavy atom. The number of methoxy groups -OCH3 is 1. The summed E-state index contributed by atoms with van der Waals surface area (Å²) in [7, 11) is 1.47. The lowest BCUT2D eigenvalue weighted by atomic mass is 10.2. The van der Waals surface area contributed by atoms with Crippen LogP contribution in [0.3, 0.4) is 0 Å². The van der Waals surface area contributed by atoms with Gasteiger partial charge in [0.1, 0.15) is 11.5 Å². The molecule has 0 aliphatic rings. The summed E-state index contributed by atoms with van der Waals surface area (Å²) in [6.07, 6.45) is 1.64. The summed E-state index contributed by atoms with van der Waals surface area (Å²) < 4.78 is 10.3. The van der Waals surface area contributed by atoms with Crippen molar-refractivity contribution in [3.05, 3.63) is 36.3 Å². The minimum Gasteiger partial charge on any atom is -0.504 e. The summed E-state index contributed by atoms with van der Waals surface area (Å²) in [6.45, 7) is 1.79. The molecule has 0 aliphatic carbocycles. The van der Waals surface area contributed by atoms with E-state index in [9.17, 15) is 5.11 Å². The summed E-state index contributed by atoms with van der Waals surface area (Å²) in [5.74, 6) is 1.71. The van der Waals surface area contributed by atoms with Gasteiger partial charge >= 0.3 is 0 Å². The van der Waals surface area contributed by atoms with Crippen molar-refractivity contribution in [2.75, 3.05) is 7.11 Å². The molecule has 0 aliphatic heterocycles. The smallest absolute Gasteiger partial charge is 0.258 e. The first-order valence-corrected chi connectivity index (χ1v) is 6.18. The fraction of sp³-hybridized carbons (Fsp3) is 0.143. The highest BCUT2D eigenvalue weighted by Gasteiger charge is 2.13. The van der Waals surface area contributed by atoms with Gasteiger partial charge in [-0.05, 0) is 31.2 Å². The van der Waals surface area contributed by atoms with Crippen LogP contribution in [0.1, 0.15) is 5.82 Å². The Hall–Kier alpha value is -2.96. The fourth-order valence-electron chi connectivity index (χ4n) is 1.84. The number of benzene rings is 1. The topological polar surface area (TPSA) is 94.2 Å². The lowest BCUT2D eigenvalue weighted by Crippen LogP contribution is -1.91. The maximum Gasteiger partial charge on any atom is 0.258 e. The summed E-state index contributed by atoms with van der Waals surface area (Å²) >= 11 is 0. The van der Waals surface area contributed by atoms with E-state index in [-0.39, 0.29) is 5.75 Å². The minimum atomic E-state index is 0.0485. The molecule has 1 aromatic carbocycles. The summed E-state index contributed by atoms with van der Waals surface area (Å²) in [5, 5.41) is 13.5. The molecule has 2 heterocycles. The summed E-state index contributed by atoms with van der Waals surface area (Å²) in [5.41, 5.74) is 1.23. The second kappa shape index (κ2) is 5.20. The van der Waals surface area contributed by atoms with E-state index in [0.717, 1.165) is 0 Å². The van der Waals surface area contributed by atoms with Crippen molar-refractivity contribution in [1.29, 1.82) is 0 Å². The average molecular weight is 284 g/mol. The second-order valence-electron chi connectivity index (χ2n) is 4.30. The normalized spacial score (nSPS) is 10.6. The van der Waals surface area contributed by atoms with Gasteiger partial charge in [0.15, 0.2) is 11.5 Å². The SMILES string of the molecule is COc1cc(-c2nc(-c3ccnc(C)n3)no2)ccc1O. The van der Waals surface area contributed by atoms with Crippen molar-refractivity contribution < 1.29 is 14.4 Å². The highest BCUT2D eigenvalue weighted by molar-refractivity contribution is 5.61. The number of ether oxygens (including phenoxy) is 1. The maximum absolute atomic E-state index is 9.59. The molecule has 2 aromatic heterocycles. The third-order valence-electron chi connectivity index (χ3n) is 2.86. The van der Waals surface area contributed by atoms with Crippen molar-refractivity contribution in [3.63, 3.8) is 0 Å². The van der Waals surface area contributed by atoms with Crippen molar-refractivity contribution in [1.82, 2.24) is 20.1 Å². The molecule has 21 heavy (non-hydrogen) atoms. The molecule has 0 atom stereocenters. The third-order valence-corrected chi connectivity index (χ3v) is 2.86. The highest BCUT2D eigenvalue weighted by Crippen LogP contribution is 2.31. The Kier molecular flexibility index (Phi) is 3.23. The standard InChI is InChI=1S/C14H12N4O3/c1-8-15-6-5-10(16-8)13-17-14(21-18-13)9-3-4-11(19)12(7-9)20-2/h3-7,19H,1-2H3. The summed E-state index contributed by atoms with van der Waals surface area (Å²) in [6, 6.07) is 6.50. The Balaban J connectivity index is 1.98. The number of aromatic nitrogens is 4. The first-order chi connectivity index (χ1) is 10.2. The van der Waals surface area contributed by atoms with E-state index in [2.05, 4.69) is 20.1 Å². The van der Waals surface area contributed by atoms with Crippen molar-refractivity contribution in [2.24, 2.45) is 0 Å². The molecule has 106 valence electrons. The van der Waals surface area contributed by atoms with Gasteiger partial charge in [0, 0.05) is 11.8 Å². The molecule has 0 bridgehead atoms. The molecule has 0 saturated carbocycles. The lowest BCUT2D eigenvalue weighted by molar-refractivity contribution is 0.373. The molecule has 0 spiro atoms. The fourth-order valence-corrected chi connectivity index (χ4v) is 1.84. The van der Waals surface area contributed by atoms with Gasteiger partial charge in [0.2, 0.25) is 5.82 Å². The average Bonchev–Trinajstić information content (AvgIpc) is 2.97. The molecule has 1 N–H and O–H groups in total. The minimum absolute atomic E-state index is 0.0485. The molecule has 7 nitrogen and oxygen atoms in total. The van der Waals surface area contributed by atoms with E-state index in [1.54, 1.807) is 31.3 Å². The van der Waals surface area contributed by atoms with Crippen LogP contribution < -0.4 is 4.74 Å². The molecule has 0 saturated heterocycles. The van der Waals surface area contributed by atoms with Crippen LogP contribution in [0.4, 0.5) is 0 Å². The quantitative estimate of drug-likeness (QED) is 0.787. The monoisotopic (exact) mass is 284 g/mol. The van der Waals surface area contributed by atoms with Crippen molar-refractivity contribution in [3.8, 4) is 34.5 Å². The van der Waals surface area contributed by atoms with E-state index in [0.29, 0.717) is 34.5 Å². The van der Waals surface area contributed by atoms with Crippen LogP contribution in [0.5, 0.6) is 11.5 Å². The largest absolute Gasteiger partial charge is 0.504 e. The molecule has 0 unspecified atom stereocenters. The molecule has 0 amide bonds. The van der Waals surface area contributed by atoms with Gasteiger partial charge in [-0.3, -0.25) is 0 Å². The van der Waals surface area contributed by atoms with Crippen LogP contribution in [0.2, 0.25) is 0 Å². The molecule has 7 heteroatoms. The third kappa shape index (κ3) is 2.53. The van der Waals surface area contributed by atoms with Gasteiger partial charge in [0.05, 0.1) is 7.11 Å². The zero-order valence-corrected chi connectivity index (χ0v) is 11.4. The predicted molar refractivity (Wildman–Crippen MR) is 73.7 cm³/mol. The van der Waals surface area contributed by atoms with Crippen molar-refractivity contribution in [2.45, 2.75) is 6.92 Å². The Morgan fingerprint density at radius 1 is 1.19 bits per heavy atom. The van der Waals surface area contributed by atoms with E-state index >= 15 is 0 Å². The molecule has 0 fully saturated rings. The van der Waals surface area contributed by atoms with E-state index < -0.39 is 0 Å². The molecule has 0 radical (unpaired) electrons. The first kappa shape index (κ1) is 13.0. The van der Waals surface area contributed by atoms with E-state index in [1.165, 1.54) is 13.2 Å². The van der Waals surface area contributed by atoms with Gasteiger partial charge in [0.25, 0.3) is 5.89 Å². The van der Waals surface area contributed by atoms with Gasteiger partial charge in [-0.25, -0.2) is 9.97 Å². The second-order valence-corrected chi connectivity index (χ2v) is 4.30. The molecule has 3 aromatic rings. The Morgan fingerprint density at radius 3 is 2.81 bits per heavy atom. The van der Waals surface area contributed by atoms with Gasteiger partial charge in [-0.15, -0.1) is 0 Å². The zero-order chi connectivity index (χ0) is 14.8. The van der Waals surface area contributed by atoms with Crippen LogP contribution in [-0.2, 0) is 0 Å². The Labute approximate surface area is 120 Å². The maximum atomic E-state index is 9.59. The Bertz CT molecular complexity index is 785.